The van der Waals surface area contributed by atoms with Gasteiger partial charge in [-0.15, -0.1) is 4.68 Å². The third kappa shape index (κ3) is 2.33. The molecule has 0 amide bonds. The van der Waals surface area contributed by atoms with Crippen LogP contribution in [0.4, 0.5) is 11.9 Å². The van der Waals surface area contributed by atoms with E-state index >= 15 is 0 Å². The molecule has 1 spiro atoms. The van der Waals surface area contributed by atoms with Crippen molar-refractivity contribution >= 4 is 29.2 Å². The van der Waals surface area contributed by atoms with Crippen LogP contribution in [0.15, 0.2) is 0 Å². The van der Waals surface area contributed by atoms with Crippen molar-refractivity contribution in [1.29, 1.82) is 0 Å². The summed E-state index contributed by atoms with van der Waals surface area (Å²) < 4.78 is 7.26. The van der Waals surface area contributed by atoms with E-state index in [1.807, 2.05) is 16.7 Å². The Bertz CT molecular complexity index is 577. The van der Waals surface area contributed by atoms with Crippen LogP contribution in [-0.4, -0.2) is 59.2 Å². The second-order valence-electron chi connectivity index (χ2n) is 6.17. The summed E-state index contributed by atoms with van der Waals surface area (Å²) in [5.74, 6) is 1.63. The minimum Gasteiger partial charge on any atom is -0.378 e. The van der Waals surface area contributed by atoms with Crippen LogP contribution in [0, 0.1) is 0 Å². The molecule has 0 aromatic carbocycles. The first-order valence-electron chi connectivity index (χ1n) is 7.86. The summed E-state index contributed by atoms with van der Waals surface area (Å²) in [6.07, 6.45) is 4.56. The van der Waals surface area contributed by atoms with E-state index < -0.39 is 0 Å². The predicted octanol–water partition coefficient (Wildman–Crippen LogP) is -0.201. The van der Waals surface area contributed by atoms with E-state index in [1.54, 1.807) is 0 Å². The van der Waals surface area contributed by atoms with E-state index in [1.165, 1.54) is 12.8 Å². The molecule has 1 saturated heterocycles. The molecule has 9 heteroatoms. The average molecular weight is 324 g/mol. The topological polar surface area (TPSA) is 72.3 Å². The largest absolute Gasteiger partial charge is 0.378 e. The van der Waals surface area contributed by atoms with Crippen LogP contribution in [-0.2, 0) is 4.74 Å². The number of hydrogen-bond donors (Lipinski definition) is 3. The van der Waals surface area contributed by atoms with Gasteiger partial charge in [0.1, 0.15) is 0 Å². The fraction of sp³-hybridized carbons (Fsp3) is 0.769. The normalized spacial score (nSPS) is 24.3. The summed E-state index contributed by atoms with van der Waals surface area (Å²) in [4.78, 5) is 6.95. The number of morpholine rings is 1. The molecule has 0 bridgehead atoms. The average Bonchev–Trinajstić information content (AvgIpc) is 3.13. The number of thiocarbonyl (C=S) groups is 1. The molecule has 2 aliphatic heterocycles. The molecule has 120 valence electrons. The van der Waals surface area contributed by atoms with E-state index in [2.05, 4.69) is 20.7 Å². The molecule has 3 heterocycles. The quantitative estimate of drug-likeness (QED) is 0.488. The Labute approximate surface area is 134 Å². The highest BCUT2D eigenvalue weighted by Gasteiger charge is 2.44. The lowest BCUT2D eigenvalue weighted by molar-refractivity contribution is -0.607. The summed E-state index contributed by atoms with van der Waals surface area (Å²) in [6.45, 7) is 3.16. The Balaban J connectivity index is 1.68. The Morgan fingerprint density at radius 2 is 2.00 bits per heavy atom. The number of nitrogens with one attached hydrogen (secondary N) is 3. The molecular formula is C13H22N7OS+. The lowest BCUT2D eigenvalue weighted by Crippen LogP contribution is -2.59. The minimum absolute atomic E-state index is 0.144. The first-order valence-corrected chi connectivity index (χ1v) is 8.27. The molecule has 8 nitrogen and oxygen atoms in total. The first-order chi connectivity index (χ1) is 10.7. The molecule has 0 unspecified atom stereocenters. The summed E-state index contributed by atoms with van der Waals surface area (Å²) in [6, 6.07) is 0. The summed E-state index contributed by atoms with van der Waals surface area (Å²) in [5, 5.41) is 9.47. The molecule has 22 heavy (non-hydrogen) atoms. The van der Waals surface area contributed by atoms with Gasteiger partial charge in [0.2, 0.25) is 0 Å². The zero-order valence-corrected chi connectivity index (χ0v) is 13.6. The highest BCUT2D eigenvalue weighted by atomic mass is 32.1. The molecule has 0 atom stereocenters. The SMILES string of the molecule is CN1NC2(CCCC2)Nc2nc(N3CCOCC3)[nH][n+]2C1=S. The van der Waals surface area contributed by atoms with Crippen LogP contribution >= 0.6 is 12.2 Å². The fourth-order valence-corrected chi connectivity index (χ4v) is 3.62. The predicted molar refractivity (Wildman–Crippen MR) is 85.5 cm³/mol. The van der Waals surface area contributed by atoms with Gasteiger partial charge in [0, 0.05) is 13.1 Å². The molecule has 1 aliphatic carbocycles. The second kappa shape index (κ2) is 5.32. The second-order valence-corrected chi connectivity index (χ2v) is 6.54. The van der Waals surface area contributed by atoms with Crippen molar-refractivity contribution in [1.82, 2.24) is 20.5 Å². The standard InChI is InChI=1S/C13H21N7OS/c1-18-12(22)20-10(15-13(17-18)4-2-3-5-13)14-11(16-20)19-6-8-21-9-7-19/h17H,2-9H2,1H3,(H,14,15,16)/p+1. The minimum atomic E-state index is -0.144. The van der Waals surface area contributed by atoms with Crippen molar-refractivity contribution in [3.8, 4) is 0 Å². The van der Waals surface area contributed by atoms with Crippen molar-refractivity contribution in [3.63, 3.8) is 0 Å². The van der Waals surface area contributed by atoms with Gasteiger partial charge in [0.05, 0.1) is 20.3 Å². The van der Waals surface area contributed by atoms with Gasteiger partial charge in [-0.25, -0.2) is 10.1 Å². The van der Waals surface area contributed by atoms with Gasteiger partial charge in [-0.05, 0) is 37.9 Å². The van der Waals surface area contributed by atoms with Crippen molar-refractivity contribution in [2.45, 2.75) is 31.3 Å². The smallest absolute Gasteiger partial charge is 0.375 e. The Hall–Kier alpha value is -1.45. The Morgan fingerprint density at radius 3 is 2.73 bits per heavy atom. The lowest BCUT2D eigenvalue weighted by Gasteiger charge is -2.28. The third-order valence-electron chi connectivity index (χ3n) is 4.61. The number of nitrogens with zero attached hydrogens (tertiary/aromatic N) is 4. The maximum Gasteiger partial charge on any atom is 0.375 e. The van der Waals surface area contributed by atoms with E-state index in [4.69, 9.17) is 21.9 Å². The summed E-state index contributed by atoms with van der Waals surface area (Å²) in [5.41, 5.74) is 3.36. The zero-order chi connectivity index (χ0) is 15.2. The molecular weight excluding hydrogens is 302 g/mol. The number of H-pyrrole nitrogens is 1. The van der Waals surface area contributed by atoms with Gasteiger partial charge >= 0.3 is 11.1 Å². The van der Waals surface area contributed by atoms with Crippen LogP contribution in [0.1, 0.15) is 25.7 Å². The van der Waals surface area contributed by atoms with E-state index in [9.17, 15) is 0 Å². The number of hydrazine groups is 1. The molecule has 1 saturated carbocycles. The number of aromatic nitrogens is 3. The fourth-order valence-electron chi connectivity index (χ4n) is 3.44. The Morgan fingerprint density at radius 1 is 1.27 bits per heavy atom. The van der Waals surface area contributed by atoms with Crippen LogP contribution in [0.5, 0.6) is 0 Å². The maximum absolute atomic E-state index is 5.58. The van der Waals surface area contributed by atoms with Gasteiger partial charge in [0.25, 0.3) is 5.95 Å². The number of aromatic amines is 1. The summed E-state index contributed by atoms with van der Waals surface area (Å²) >= 11 is 5.58. The molecule has 3 N–H and O–H groups in total. The van der Waals surface area contributed by atoms with Crippen molar-refractivity contribution in [2.24, 2.45) is 0 Å². The molecule has 4 rings (SSSR count). The van der Waals surface area contributed by atoms with E-state index in [0.717, 1.165) is 51.0 Å². The van der Waals surface area contributed by atoms with Crippen LogP contribution in [0.3, 0.4) is 0 Å². The molecule has 1 aromatic heterocycles. The molecule has 1 aromatic rings. The Kier molecular flexibility index (Phi) is 3.43. The lowest BCUT2D eigenvalue weighted by atomic mass is 10.1. The van der Waals surface area contributed by atoms with E-state index in [-0.39, 0.29) is 5.66 Å². The zero-order valence-electron chi connectivity index (χ0n) is 12.8. The van der Waals surface area contributed by atoms with Crippen molar-refractivity contribution in [2.75, 3.05) is 43.6 Å². The van der Waals surface area contributed by atoms with Gasteiger partial charge in [-0.1, -0.05) is 4.98 Å². The third-order valence-corrected chi connectivity index (χ3v) is 5.07. The number of rotatable bonds is 1. The van der Waals surface area contributed by atoms with Crippen LogP contribution in [0.2, 0.25) is 0 Å². The summed E-state index contributed by atoms with van der Waals surface area (Å²) in [7, 11) is 1.96. The first kappa shape index (κ1) is 14.2. The number of anilines is 2. The van der Waals surface area contributed by atoms with Crippen molar-refractivity contribution < 1.29 is 9.42 Å². The van der Waals surface area contributed by atoms with Gasteiger partial charge in [-0.3, -0.25) is 5.32 Å². The van der Waals surface area contributed by atoms with Gasteiger partial charge in [-0.2, -0.15) is 5.43 Å². The van der Waals surface area contributed by atoms with Gasteiger partial charge in [0.15, 0.2) is 5.66 Å². The number of ether oxygens (including phenoxy) is 1. The van der Waals surface area contributed by atoms with E-state index in [0.29, 0.717) is 5.11 Å². The highest BCUT2D eigenvalue weighted by Crippen LogP contribution is 2.31. The van der Waals surface area contributed by atoms with Crippen molar-refractivity contribution in [3.05, 3.63) is 0 Å². The molecule has 0 radical (unpaired) electrons. The van der Waals surface area contributed by atoms with Crippen LogP contribution < -0.4 is 20.3 Å². The number of hydrogen-bond acceptors (Lipinski definition) is 6. The maximum atomic E-state index is 5.58. The molecule has 2 fully saturated rings. The van der Waals surface area contributed by atoms with Crippen LogP contribution in [0.25, 0.3) is 0 Å². The monoisotopic (exact) mass is 324 g/mol. The number of fused-ring (bicyclic) bond motifs is 1. The molecule has 3 aliphatic rings. The van der Waals surface area contributed by atoms with Gasteiger partial charge < -0.3 is 9.64 Å². The highest BCUT2D eigenvalue weighted by molar-refractivity contribution is 7.79.